The van der Waals surface area contributed by atoms with Crippen LogP contribution in [-0.2, 0) is 16.0 Å². The van der Waals surface area contributed by atoms with Crippen LogP contribution in [0.3, 0.4) is 0 Å². The number of aryl methyl sites for hydroxylation is 1. The second-order valence-electron chi connectivity index (χ2n) is 6.86. The Kier molecular flexibility index (Phi) is 7.36. The number of hydrogen-bond acceptors (Lipinski definition) is 4. The van der Waals surface area contributed by atoms with E-state index in [4.69, 9.17) is 4.74 Å². The number of amides is 1. The predicted octanol–water partition coefficient (Wildman–Crippen LogP) is 4.13. The van der Waals surface area contributed by atoms with Crippen LogP contribution in [0.5, 0.6) is 0 Å². The third-order valence-electron chi connectivity index (χ3n) is 4.33. The van der Waals surface area contributed by atoms with Crippen molar-refractivity contribution < 1.29 is 14.3 Å². The number of benzene rings is 1. The molecule has 1 saturated heterocycles. The van der Waals surface area contributed by atoms with Gasteiger partial charge in [0.25, 0.3) is 5.91 Å². The van der Waals surface area contributed by atoms with Crippen LogP contribution >= 0.6 is 11.8 Å². The summed E-state index contributed by atoms with van der Waals surface area (Å²) in [5.74, 6) is 0.718. The smallest absolute Gasteiger partial charge is 0.329 e. The van der Waals surface area contributed by atoms with Gasteiger partial charge in [0, 0.05) is 11.3 Å². The molecule has 1 aromatic carbocycles. The fourth-order valence-corrected chi connectivity index (χ4v) is 4.56. The molecule has 0 spiro atoms. The average Bonchev–Trinajstić information content (AvgIpc) is 3.02. The van der Waals surface area contributed by atoms with Gasteiger partial charge in [0.2, 0.25) is 0 Å². The van der Waals surface area contributed by atoms with E-state index in [0.717, 1.165) is 19.3 Å². The zero-order valence-corrected chi connectivity index (χ0v) is 16.5. The molecule has 1 aliphatic rings. The Morgan fingerprint density at radius 3 is 2.48 bits per heavy atom. The van der Waals surface area contributed by atoms with Gasteiger partial charge < -0.3 is 9.64 Å². The van der Waals surface area contributed by atoms with E-state index in [-0.39, 0.29) is 17.3 Å². The van der Waals surface area contributed by atoms with E-state index in [1.807, 2.05) is 31.2 Å². The highest BCUT2D eigenvalue weighted by molar-refractivity contribution is 8.00. The summed E-state index contributed by atoms with van der Waals surface area (Å²) in [4.78, 5) is 27.3. The molecular weight excluding hydrogens is 334 g/mol. The van der Waals surface area contributed by atoms with Crippen molar-refractivity contribution >= 4 is 23.6 Å². The zero-order chi connectivity index (χ0) is 18.4. The molecule has 2 atom stereocenters. The van der Waals surface area contributed by atoms with Gasteiger partial charge in [-0.2, -0.15) is 0 Å². The molecule has 1 amide bonds. The van der Waals surface area contributed by atoms with Crippen LogP contribution in [0.1, 0.15) is 56.5 Å². The van der Waals surface area contributed by atoms with Crippen LogP contribution in [0, 0.1) is 5.92 Å². The van der Waals surface area contributed by atoms with Gasteiger partial charge in [-0.25, -0.2) is 4.79 Å². The van der Waals surface area contributed by atoms with E-state index < -0.39 is 6.04 Å². The summed E-state index contributed by atoms with van der Waals surface area (Å²) in [5.41, 5.74) is 1.84. The number of carbonyl (C=O) groups excluding carboxylic acids is 2. The van der Waals surface area contributed by atoms with Crippen molar-refractivity contribution in [2.24, 2.45) is 5.92 Å². The molecule has 1 aliphatic heterocycles. The van der Waals surface area contributed by atoms with Crippen molar-refractivity contribution in [2.75, 3.05) is 12.4 Å². The van der Waals surface area contributed by atoms with Crippen LogP contribution < -0.4 is 0 Å². The molecule has 0 bridgehead atoms. The van der Waals surface area contributed by atoms with Crippen molar-refractivity contribution in [2.45, 2.75) is 58.4 Å². The number of rotatable bonds is 7. The van der Waals surface area contributed by atoms with E-state index in [1.165, 1.54) is 5.56 Å². The Labute approximate surface area is 155 Å². The summed E-state index contributed by atoms with van der Waals surface area (Å²) in [7, 11) is 0. The zero-order valence-electron chi connectivity index (χ0n) is 15.7. The van der Waals surface area contributed by atoms with Crippen molar-refractivity contribution in [3.05, 3.63) is 35.4 Å². The lowest BCUT2D eigenvalue weighted by Gasteiger charge is -2.29. The van der Waals surface area contributed by atoms with E-state index in [1.54, 1.807) is 16.7 Å². The molecule has 0 saturated carbocycles. The first-order valence-electron chi connectivity index (χ1n) is 9.17. The molecule has 0 unspecified atom stereocenters. The Morgan fingerprint density at radius 1 is 1.24 bits per heavy atom. The highest BCUT2D eigenvalue weighted by atomic mass is 32.2. The lowest BCUT2D eigenvalue weighted by atomic mass is 10.1. The molecule has 0 radical (unpaired) electrons. The van der Waals surface area contributed by atoms with Crippen molar-refractivity contribution in [3.8, 4) is 0 Å². The third-order valence-corrected chi connectivity index (χ3v) is 5.64. The van der Waals surface area contributed by atoms with Crippen molar-refractivity contribution in [3.63, 3.8) is 0 Å². The Hall–Kier alpha value is -1.49. The number of thioether (sulfide) groups is 1. The second kappa shape index (κ2) is 9.27. The Bertz CT molecular complexity index is 585. The molecule has 1 fully saturated rings. The number of esters is 1. The number of hydrogen-bond donors (Lipinski definition) is 0. The topological polar surface area (TPSA) is 46.6 Å². The first-order chi connectivity index (χ1) is 12.0. The van der Waals surface area contributed by atoms with Gasteiger partial charge in [0.15, 0.2) is 0 Å². The Morgan fingerprint density at radius 2 is 1.92 bits per heavy atom. The van der Waals surface area contributed by atoms with Gasteiger partial charge in [-0.15, -0.1) is 11.8 Å². The SMILES string of the molecule is CCCOC(=O)[C@@H]1CS[C@H](CC(C)C)N1C(=O)c1ccc(CC)cc1. The van der Waals surface area contributed by atoms with Crippen molar-refractivity contribution in [1.29, 1.82) is 0 Å². The number of nitrogens with zero attached hydrogens (tertiary/aromatic N) is 1. The van der Waals surface area contributed by atoms with E-state index in [9.17, 15) is 9.59 Å². The lowest BCUT2D eigenvalue weighted by Crippen LogP contribution is -2.46. The fraction of sp³-hybridized carbons (Fsp3) is 0.600. The summed E-state index contributed by atoms with van der Waals surface area (Å²) in [6, 6.07) is 7.21. The summed E-state index contributed by atoms with van der Waals surface area (Å²) >= 11 is 1.68. The van der Waals surface area contributed by atoms with E-state index in [0.29, 0.717) is 23.8 Å². The molecule has 25 heavy (non-hydrogen) atoms. The minimum Gasteiger partial charge on any atom is -0.464 e. The predicted molar refractivity (Wildman–Crippen MR) is 103 cm³/mol. The maximum atomic E-state index is 13.1. The molecular formula is C20H29NO3S. The van der Waals surface area contributed by atoms with E-state index in [2.05, 4.69) is 20.8 Å². The lowest BCUT2D eigenvalue weighted by molar-refractivity contribution is -0.148. The summed E-state index contributed by atoms with van der Waals surface area (Å²) in [5, 5.41) is 0.0255. The maximum absolute atomic E-state index is 13.1. The molecule has 0 aromatic heterocycles. The van der Waals surface area contributed by atoms with Crippen LogP contribution in [0.4, 0.5) is 0 Å². The quantitative estimate of drug-likeness (QED) is 0.683. The molecule has 0 N–H and O–H groups in total. The molecule has 1 aromatic rings. The van der Waals surface area contributed by atoms with Gasteiger partial charge in [-0.1, -0.05) is 39.8 Å². The summed E-state index contributed by atoms with van der Waals surface area (Å²) in [6.07, 6.45) is 2.60. The van der Waals surface area contributed by atoms with Crippen LogP contribution in [0.25, 0.3) is 0 Å². The summed E-state index contributed by atoms with van der Waals surface area (Å²) in [6.45, 7) is 8.74. The minimum atomic E-state index is -0.487. The highest BCUT2D eigenvalue weighted by Crippen LogP contribution is 2.35. The van der Waals surface area contributed by atoms with Crippen LogP contribution in [-0.4, -0.2) is 40.6 Å². The minimum absolute atomic E-state index is 0.0255. The summed E-state index contributed by atoms with van der Waals surface area (Å²) < 4.78 is 5.34. The fourth-order valence-electron chi connectivity index (χ4n) is 2.93. The molecule has 4 nitrogen and oxygen atoms in total. The van der Waals surface area contributed by atoms with Gasteiger partial charge in [-0.05, 0) is 42.9 Å². The van der Waals surface area contributed by atoms with Crippen molar-refractivity contribution in [1.82, 2.24) is 4.90 Å². The second-order valence-corrected chi connectivity index (χ2v) is 8.07. The van der Waals surface area contributed by atoms with Gasteiger partial charge in [0.1, 0.15) is 6.04 Å². The van der Waals surface area contributed by atoms with Crippen LogP contribution in [0.15, 0.2) is 24.3 Å². The molecule has 2 rings (SSSR count). The van der Waals surface area contributed by atoms with Gasteiger partial charge >= 0.3 is 5.97 Å². The molecule has 138 valence electrons. The highest BCUT2D eigenvalue weighted by Gasteiger charge is 2.42. The molecule has 0 aliphatic carbocycles. The third kappa shape index (κ3) is 5.00. The normalized spacial score (nSPS) is 20.1. The Balaban J connectivity index is 2.23. The molecule has 1 heterocycles. The van der Waals surface area contributed by atoms with E-state index >= 15 is 0 Å². The maximum Gasteiger partial charge on any atom is 0.329 e. The van der Waals surface area contributed by atoms with Gasteiger partial charge in [0.05, 0.1) is 12.0 Å². The van der Waals surface area contributed by atoms with Gasteiger partial charge in [-0.3, -0.25) is 4.79 Å². The first-order valence-corrected chi connectivity index (χ1v) is 10.2. The number of ether oxygens (including phenoxy) is 1. The standard InChI is InChI=1S/C20H29NO3S/c1-5-11-24-20(23)17-13-25-18(12-14(3)4)21(17)19(22)16-9-7-15(6-2)8-10-16/h7-10,14,17-18H,5-6,11-13H2,1-4H3/t17-,18+/m0/s1. The monoisotopic (exact) mass is 363 g/mol. The largest absolute Gasteiger partial charge is 0.464 e. The average molecular weight is 364 g/mol. The number of carbonyl (C=O) groups is 2. The van der Waals surface area contributed by atoms with Crippen LogP contribution in [0.2, 0.25) is 0 Å². The molecule has 5 heteroatoms. The first kappa shape index (κ1) is 19.8.